The molecule has 0 saturated heterocycles. The average Bonchev–Trinajstić information content (AvgIpc) is 3.14. The number of nitrogens with one attached hydrogen (secondary N) is 2. The van der Waals surface area contributed by atoms with Crippen LogP contribution in [-0.4, -0.2) is 16.5 Å². The second-order valence-electron chi connectivity index (χ2n) is 6.03. The van der Waals surface area contributed by atoms with Gasteiger partial charge < -0.3 is 5.73 Å². The number of aromatic nitrogens is 1. The summed E-state index contributed by atoms with van der Waals surface area (Å²) in [4.78, 5) is 4.78. The van der Waals surface area contributed by atoms with Crippen molar-refractivity contribution in [3.8, 4) is 27.9 Å². The van der Waals surface area contributed by atoms with E-state index in [-0.39, 0.29) is 11.5 Å². The standard InChI is InChI=1S/C20H18N6S/c1-12-6-7-13(2)16(8-12)18-11-27-20(24-18)14-4-3-5-15(9-14)25-26-17(10-21)19(22)23/h3-9,11,25H,1-2H3,(H3,22,23)/b26-17+. The molecule has 0 bridgehead atoms. The Labute approximate surface area is 161 Å². The predicted octanol–water partition coefficient (Wildman–Crippen LogP) is 4.32. The van der Waals surface area contributed by atoms with E-state index in [4.69, 9.17) is 21.4 Å². The zero-order valence-corrected chi connectivity index (χ0v) is 15.8. The predicted molar refractivity (Wildman–Crippen MR) is 111 cm³/mol. The van der Waals surface area contributed by atoms with Crippen molar-refractivity contribution in [2.75, 3.05) is 5.43 Å². The molecule has 2 aromatic carbocycles. The first-order valence-electron chi connectivity index (χ1n) is 8.19. The van der Waals surface area contributed by atoms with Crippen molar-refractivity contribution in [1.29, 1.82) is 10.7 Å². The fourth-order valence-corrected chi connectivity index (χ4v) is 3.35. The molecule has 0 amide bonds. The zero-order chi connectivity index (χ0) is 19.4. The van der Waals surface area contributed by atoms with Gasteiger partial charge in [-0.25, -0.2) is 4.98 Å². The molecule has 6 nitrogen and oxygen atoms in total. The molecule has 27 heavy (non-hydrogen) atoms. The maximum absolute atomic E-state index is 8.91. The van der Waals surface area contributed by atoms with Crippen LogP contribution >= 0.6 is 11.3 Å². The van der Waals surface area contributed by atoms with Crippen molar-refractivity contribution < 1.29 is 0 Å². The Bertz CT molecular complexity index is 1070. The first-order chi connectivity index (χ1) is 13.0. The number of hydrogen-bond acceptors (Lipinski definition) is 6. The average molecular weight is 374 g/mol. The summed E-state index contributed by atoms with van der Waals surface area (Å²) >= 11 is 1.57. The van der Waals surface area contributed by atoms with Crippen LogP contribution in [0.5, 0.6) is 0 Å². The molecule has 1 heterocycles. The Morgan fingerprint density at radius 1 is 1.26 bits per heavy atom. The fourth-order valence-electron chi connectivity index (χ4n) is 2.53. The fraction of sp³-hybridized carbons (Fsp3) is 0.100. The first-order valence-corrected chi connectivity index (χ1v) is 9.07. The van der Waals surface area contributed by atoms with Crippen LogP contribution in [0.3, 0.4) is 0 Å². The van der Waals surface area contributed by atoms with Crippen molar-refractivity contribution in [2.45, 2.75) is 13.8 Å². The summed E-state index contributed by atoms with van der Waals surface area (Å²) in [6.45, 7) is 4.15. The summed E-state index contributed by atoms with van der Waals surface area (Å²) in [5, 5.41) is 23.0. The van der Waals surface area contributed by atoms with Crippen molar-refractivity contribution >= 4 is 28.6 Å². The van der Waals surface area contributed by atoms with Gasteiger partial charge in [0.05, 0.1) is 11.4 Å². The normalized spacial score (nSPS) is 11.1. The van der Waals surface area contributed by atoms with Crippen LogP contribution in [0.25, 0.3) is 21.8 Å². The Morgan fingerprint density at radius 3 is 2.81 bits per heavy atom. The summed E-state index contributed by atoms with van der Waals surface area (Å²) in [5.74, 6) is -0.376. The van der Waals surface area contributed by atoms with E-state index in [1.807, 2.05) is 24.3 Å². The maximum atomic E-state index is 8.91. The summed E-state index contributed by atoms with van der Waals surface area (Å²) in [7, 11) is 0. The lowest BCUT2D eigenvalue weighted by molar-refractivity contribution is 1.32. The highest BCUT2D eigenvalue weighted by atomic mass is 32.1. The van der Waals surface area contributed by atoms with Crippen molar-refractivity contribution in [2.24, 2.45) is 10.8 Å². The van der Waals surface area contributed by atoms with E-state index < -0.39 is 0 Å². The lowest BCUT2D eigenvalue weighted by Gasteiger charge is -2.04. The molecular weight excluding hydrogens is 356 g/mol. The van der Waals surface area contributed by atoms with Gasteiger partial charge in [-0.2, -0.15) is 10.4 Å². The van der Waals surface area contributed by atoms with E-state index in [9.17, 15) is 0 Å². The molecule has 7 heteroatoms. The minimum atomic E-state index is -0.376. The molecule has 0 aliphatic rings. The van der Waals surface area contributed by atoms with Crippen molar-refractivity contribution in [3.63, 3.8) is 0 Å². The van der Waals surface area contributed by atoms with Crippen LogP contribution in [0.4, 0.5) is 5.69 Å². The third-order valence-electron chi connectivity index (χ3n) is 3.94. The minimum Gasteiger partial charge on any atom is -0.382 e. The van der Waals surface area contributed by atoms with Gasteiger partial charge in [0, 0.05) is 16.5 Å². The zero-order valence-electron chi connectivity index (χ0n) is 14.9. The van der Waals surface area contributed by atoms with Gasteiger partial charge >= 0.3 is 0 Å². The van der Waals surface area contributed by atoms with E-state index in [1.54, 1.807) is 17.4 Å². The van der Waals surface area contributed by atoms with E-state index in [2.05, 4.69) is 48.0 Å². The van der Waals surface area contributed by atoms with E-state index in [0.29, 0.717) is 5.69 Å². The van der Waals surface area contributed by atoms with Gasteiger partial charge in [-0.15, -0.1) is 11.3 Å². The molecule has 0 spiro atoms. The Hall–Kier alpha value is -3.50. The number of hydrogen-bond donors (Lipinski definition) is 3. The summed E-state index contributed by atoms with van der Waals surface area (Å²) < 4.78 is 0. The van der Waals surface area contributed by atoms with Gasteiger partial charge in [0.25, 0.3) is 0 Å². The highest BCUT2D eigenvalue weighted by Gasteiger charge is 2.10. The molecular formula is C20H18N6S. The van der Waals surface area contributed by atoms with Gasteiger partial charge in [0.2, 0.25) is 5.71 Å². The smallest absolute Gasteiger partial charge is 0.201 e. The molecule has 0 aliphatic carbocycles. The Morgan fingerprint density at radius 2 is 2.07 bits per heavy atom. The summed E-state index contributed by atoms with van der Waals surface area (Å²) in [6.07, 6.45) is 0. The highest BCUT2D eigenvalue weighted by Crippen LogP contribution is 2.31. The second kappa shape index (κ2) is 7.81. The molecule has 3 rings (SSSR count). The molecule has 0 unspecified atom stereocenters. The first kappa shape index (κ1) is 18.3. The number of amidine groups is 1. The minimum absolute atomic E-state index is 0.160. The van der Waals surface area contributed by atoms with Crippen LogP contribution in [-0.2, 0) is 0 Å². The lowest BCUT2D eigenvalue weighted by atomic mass is 10.0. The van der Waals surface area contributed by atoms with Gasteiger partial charge in [0.1, 0.15) is 11.1 Å². The number of aryl methyl sites for hydroxylation is 2. The molecule has 0 saturated carbocycles. The molecule has 0 atom stereocenters. The maximum Gasteiger partial charge on any atom is 0.201 e. The third-order valence-corrected chi connectivity index (χ3v) is 4.83. The van der Waals surface area contributed by atoms with Crippen LogP contribution in [0.15, 0.2) is 52.9 Å². The number of anilines is 1. The van der Waals surface area contributed by atoms with Crippen LogP contribution < -0.4 is 11.2 Å². The lowest BCUT2D eigenvalue weighted by Crippen LogP contribution is -2.21. The number of benzene rings is 2. The topological polar surface area (TPSA) is 111 Å². The van der Waals surface area contributed by atoms with Crippen LogP contribution in [0, 0.1) is 30.6 Å². The molecule has 134 valence electrons. The monoisotopic (exact) mass is 374 g/mol. The quantitative estimate of drug-likeness (QED) is 0.351. The third kappa shape index (κ3) is 4.19. The van der Waals surface area contributed by atoms with E-state index >= 15 is 0 Å². The van der Waals surface area contributed by atoms with E-state index in [1.165, 1.54) is 11.1 Å². The largest absolute Gasteiger partial charge is 0.382 e. The van der Waals surface area contributed by atoms with Gasteiger partial charge in [0.15, 0.2) is 5.84 Å². The number of nitrogens with two attached hydrogens (primary N) is 1. The molecule has 0 fully saturated rings. The number of nitriles is 1. The number of thiazole rings is 1. The molecule has 1 aromatic heterocycles. The van der Waals surface area contributed by atoms with Gasteiger partial charge in [-0.3, -0.25) is 10.8 Å². The van der Waals surface area contributed by atoms with Crippen LogP contribution in [0.1, 0.15) is 11.1 Å². The number of rotatable bonds is 5. The number of nitrogens with zero attached hydrogens (tertiary/aromatic N) is 3. The van der Waals surface area contributed by atoms with Crippen LogP contribution in [0.2, 0.25) is 0 Å². The highest BCUT2D eigenvalue weighted by molar-refractivity contribution is 7.13. The van der Waals surface area contributed by atoms with E-state index in [0.717, 1.165) is 21.8 Å². The molecule has 0 radical (unpaired) electrons. The number of hydrazone groups is 1. The van der Waals surface area contributed by atoms with Gasteiger partial charge in [-0.1, -0.05) is 29.8 Å². The summed E-state index contributed by atoms with van der Waals surface area (Å²) in [6, 6.07) is 15.7. The summed E-state index contributed by atoms with van der Waals surface area (Å²) in [5.41, 5.74) is 14.0. The Kier molecular flexibility index (Phi) is 5.29. The SMILES string of the molecule is Cc1ccc(C)c(-c2csc(-c3cccc(N/N=C(\C#N)C(=N)N)c3)n2)c1. The second-order valence-corrected chi connectivity index (χ2v) is 6.89. The Balaban J connectivity index is 1.88. The van der Waals surface area contributed by atoms with Gasteiger partial charge in [-0.05, 0) is 37.6 Å². The molecule has 3 aromatic rings. The molecule has 4 N–H and O–H groups in total. The molecule has 0 aliphatic heterocycles. The van der Waals surface area contributed by atoms with Crippen molar-refractivity contribution in [3.05, 3.63) is 59.0 Å². The van der Waals surface area contributed by atoms with Crippen molar-refractivity contribution in [1.82, 2.24) is 4.98 Å².